The first-order valence-corrected chi connectivity index (χ1v) is 9.43. The number of aliphatic hydroxyl groups is 1. The summed E-state index contributed by atoms with van der Waals surface area (Å²) in [6.07, 6.45) is -0.0468. The molecule has 0 aliphatic carbocycles. The molecular weight excluding hydrogens is 368 g/mol. The van der Waals surface area contributed by atoms with E-state index in [1.165, 1.54) is 0 Å². The van der Waals surface area contributed by atoms with Crippen LogP contribution in [0.3, 0.4) is 0 Å². The molecule has 1 heterocycles. The summed E-state index contributed by atoms with van der Waals surface area (Å²) < 4.78 is 0. The fourth-order valence-corrected chi connectivity index (χ4v) is 3.16. The monoisotopic (exact) mass is 392 g/mol. The van der Waals surface area contributed by atoms with Crippen LogP contribution in [0.15, 0.2) is 48.5 Å². The molecule has 0 bridgehead atoms. The number of rotatable bonds is 6. The zero-order chi connectivity index (χ0) is 21.0. The number of anilines is 1. The van der Waals surface area contributed by atoms with Gasteiger partial charge in [-0.1, -0.05) is 37.3 Å². The lowest BCUT2D eigenvalue weighted by Gasteiger charge is -2.14. The molecule has 29 heavy (non-hydrogen) atoms. The maximum atomic E-state index is 12.2. The summed E-state index contributed by atoms with van der Waals surface area (Å²) in [5.41, 5.74) is 9.43. The second kappa shape index (κ2) is 8.70. The summed E-state index contributed by atoms with van der Waals surface area (Å²) in [4.78, 5) is 29.0. The van der Waals surface area contributed by atoms with Crippen LogP contribution in [0.5, 0.6) is 0 Å². The Hall–Kier alpha value is -3.45. The fraction of sp³-hybridized carbons (Fsp3) is 0.227. The zero-order valence-corrected chi connectivity index (χ0v) is 16.4. The minimum absolute atomic E-state index is 0.156. The Morgan fingerprint density at radius 1 is 1.17 bits per heavy atom. The van der Waals surface area contributed by atoms with Crippen molar-refractivity contribution in [2.45, 2.75) is 26.4 Å². The Labute approximate surface area is 169 Å². The highest BCUT2D eigenvalue weighted by atomic mass is 16.3. The van der Waals surface area contributed by atoms with Gasteiger partial charge < -0.3 is 21.5 Å². The number of nitrogens with two attached hydrogens (primary N) is 1. The highest BCUT2D eigenvalue weighted by Crippen LogP contribution is 2.30. The molecule has 150 valence electrons. The number of urea groups is 1. The van der Waals surface area contributed by atoms with Gasteiger partial charge in [-0.3, -0.25) is 4.79 Å². The Kier molecular flexibility index (Phi) is 6.09. The van der Waals surface area contributed by atoms with E-state index in [4.69, 9.17) is 10.7 Å². The molecule has 3 rings (SSSR count). The van der Waals surface area contributed by atoms with Crippen molar-refractivity contribution in [2.24, 2.45) is 5.73 Å². The van der Waals surface area contributed by atoms with Gasteiger partial charge in [0.25, 0.3) is 0 Å². The third-order valence-electron chi connectivity index (χ3n) is 4.75. The van der Waals surface area contributed by atoms with Crippen LogP contribution in [0.1, 0.15) is 29.3 Å². The van der Waals surface area contributed by atoms with Crippen molar-refractivity contribution in [2.75, 3.05) is 11.9 Å². The SMILES string of the molecule is CCC(O)CNC(=O)Nc1ccc2nc(-c3ccccc3)c(C)c(C(N)=O)c2c1. The molecule has 5 N–H and O–H groups in total. The van der Waals surface area contributed by atoms with Gasteiger partial charge in [0, 0.05) is 23.2 Å². The summed E-state index contributed by atoms with van der Waals surface area (Å²) in [5.74, 6) is -0.556. The standard InChI is InChI=1S/C22H24N4O3/c1-3-16(27)12-24-22(29)25-15-9-10-18-17(11-15)19(21(23)28)13(2)20(26-18)14-7-5-4-6-8-14/h4-11,16,27H,3,12H2,1-2H3,(H2,23,28)(H2,24,25,29). The van der Waals surface area contributed by atoms with E-state index in [0.29, 0.717) is 39.8 Å². The molecule has 3 amide bonds. The number of pyridine rings is 1. The van der Waals surface area contributed by atoms with Gasteiger partial charge in [0.1, 0.15) is 0 Å². The molecule has 0 radical (unpaired) electrons. The number of aromatic nitrogens is 1. The topological polar surface area (TPSA) is 117 Å². The first-order chi connectivity index (χ1) is 13.9. The second-order valence-corrected chi connectivity index (χ2v) is 6.82. The van der Waals surface area contributed by atoms with Crippen LogP contribution >= 0.6 is 0 Å². The smallest absolute Gasteiger partial charge is 0.319 e. The van der Waals surface area contributed by atoms with Gasteiger partial charge in [-0.05, 0) is 37.1 Å². The molecule has 1 atom stereocenters. The predicted molar refractivity (Wildman–Crippen MR) is 114 cm³/mol. The Bertz CT molecular complexity index is 1050. The van der Waals surface area contributed by atoms with Gasteiger partial charge in [-0.15, -0.1) is 0 Å². The average molecular weight is 392 g/mol. The van der Waals surface area contributed by atoms with Crippen LogP contribution in [-0.2, 0) is 0 Å². The quantitative estimate of drug-likeness (QED) is 0.515. The summed E-state index contributed by atoms with van der Waals surface area (Å²) in [6, 6.07) is 14.3. The molecule has 0 saturated carbocycles. The Balaban J connectivity index is 1.99. The van der Waals surface area contributed by atoms with E-state index in [0.717, 1.165) is 5.56 Å². The maximum absolute atomic E-state index is 12.2. The molecule has 1 unspecified atom stereocenters. The highest BCUT2D eigenvalue weighted by molar-refractivity contribution is 6.09. The Morgan fingerprint density at radius 2 is 1.90 bits per heavy atom. The number of hydrogen-bond acceptors (Lipinski definition) is 4. The van der Waals surface area contributed by atoms with Gasteiger partial charge in [-0.25, -0.2) is 9.78 Å². The Morgan fingerprint density at radius 3 is 2.55 bits per heavy atom. The van der Waals surface area contributed by atoms with E-state index in [-0.39, 0.29) is 6.54 Å². The molecule has 3 aromatic rings. The van der Waals surface area contributed by atoms with Crippen molar-refractivity contribution in [3.05, 3.63) is 59.7 Å². The van der Waals surface area contributed by atoms with E-state index in [9.17, 15) is 14.7 Å². The number of nitrogens with zero attached hydrogens (tertiary/aromatic N) is 1. The zero-order valence-electron chi connectivity index (χ0n) is 16.4. The normalized spacial score (nSPS) is 11.8. The van der Waals surface area contributed by atoms with Crippen LogP contribution in [0.25, 0.3) is 22.2 Å². The highest BCUT2D eigenvalue weighted by Gasteiger charge is 2.17. The van der Waals surface area contributed by atoms with Crippen molar-refractivity contribution in [3.63, 3.8) is 0 Å². The predicted octanol–water partition coefficient (Wildman–Crippen LogP) is 3.20. The largest absolute Gasteiger partial charge is 0.391 e. The molecule has 7 heteroatoms. The lowest BCUT2D eigenvalue weighted by atomic mass is 9.97. The number of aliphatic hydroxyl groups excluding tert-OH is 1. The number of carbonyl (C=O) groups excluding carboxylic acids is 2. The van der Waals surface area contributed by atoms with Crippen molar-refractivity contribution in [1.29, 1.82) is 0 Å². The summed E-state index contributed by atoms with van der Waals surface area (Å²) in [6.45, 7) is 3.80. The molecule has 0 aliphatic rings. The third-order valence-corrected chi connectivity index (χ3v) is 4.75. The molecule has 7 nitrogen and oxygen atoms in total. The number of nitrogens with one attached hydrogen (secondary N) is 2. The lowest BCUT2D eigenvalue weighted by Crippen LogP contribution is -2.34. The van der Waals surface area contributed by atoms with Crippen molar-refractivity contribution in [3.8, 4) is 11.3 Å². The minimum atomic E-state index is -0.595. The van der Waals surface area contributed by atoms with Gasteiger partial charge in [0.2, 0.25) is 5.91 Å². The van der Waals surface area contributed by atoms with E-state index < -0.39 is 18.0 Å². The van der Waals surface area contributed by atoms with Gasteiger partial charge in [0.15, 0.2) is 0 Å². The van der Waals surface area contributed by atoms with Gasteiger partial charge in [-0.2, -0.15) is 0 Å². The molecule has 0 fully saturated rings. The van der Waals surface area contributed by atoms with Crippen LogP contribution < -0.4 is 16.4 Å². The number of carbonyl (C=O) groups is 2. The maximum Gasteiger partial charge on any atom is 0.319 e. The molecule has 0 spiro atoms. The van der Waals surface area contributed by atoms with E-state index >= 15 is 0 Å². The van der Waals surface area contributed by atoms with Crippen LogP contribution in [-0.4, -0.2) is 34.7 Å². The fourth-order valence-electron chi connectivity index (χ4n) is 3.16. The number of primary amides is 1. The molecule has 0 aliphatic heterocycles. The molecule has 0 saturated heterocycles. The molecule has 1 aromatic heterocycles. The second-order valence-electron chi connectivity index (χ2n) is 6.82. The van der Waals surface area contributed by atoms with Gasteiger partial charge >= 0.3 is 6.03 Å². The van der Waals surface area contributed by atoms with Crippen LogP contribution in [0, 0.1) is 6.92 Å². The number of amides is 3. The summed E-state index contributed by atoms with van der Waals surface area (Å²) in [5, 5.41) is 15.4. The van der Waals surface area contributed by atoms with Crippen LogP contribution in [0.4, 0.5) is 10.5 Å². The lowest BCUT2D eigenvalue weighted by molar-refractivity contribution is 0.100. The van der Waals surface area contributed by atoms with E-state index in [1.54, 1.807) is 18.2 Å². The van der Waals surface area contributed by atoms with Crippen molar-refractivity contribution in [1.82, 2.24) is 10.3 Å². The minimum Gasteiger partial charge on any atom is -0.391 e. The molecule has 2 aromatic carbocycles. The van der Waals surface area contributed by atoms with Crippen molar-refractivity contribution >= 4 is 28.5 Å². The summed E-state index contributed by atoms with van der Waals surface area (Å²) >= 11 is 0. The first kappa shape index (κ1) is 20.3. The number of benzene rings is 2. The summed E-state index contributed by atoms with van der Waals surface area (Å²) in [7, 11) is 0. The van der Waals surface area contributed by atoms with Crippen molar-refractivity contribution < 1.29 is 14.7 Å². The average Bonchev–Trinajstić information content (AvgIpc) is 2.71. The number of fused-ring (bicyclic) bond motifs is 1. The number of hydrogen-bond donors (Lipinski definition) is 4. The third kappa shape index (κ3) is 4.52. The molecular formula is C22H24N4O3. The first-order valence-electron chi connectivity index (χ1n) is 9.43. The van der Waals surface area contributed by atoms with Crippen LogP contribution in [0.2, 0.25) is 0 Å². The van der Waals surface area contributed by atoms with E-state index in [2.05, 4.69) is 10.6 Å². The van der Waals surface area contributed by atoms with E-state index in [1.807, 2.05) is 44.2 Å². The van der Waals surface area contributed by atoms with Gasteiger partial charge in [0.05, 0.1) is 22.9 Å².